The van der Waals surface area contributed by atoms with Crippen molar-refractivity contribution in [1.82, 2.24) is 5.32 Å². The molecule has 1 saturated heterocycles. The van der Waals surface area contributed by atoms with Crippen molar-refractivity contribution in [2.45, 2.75) is 30.3 Å². The molecule has 0 spiro atoms. The van der Waals surface area contributed by atoms with Gasteiger partial charge in [-0.3, -0.25) is 0 Å². The first-order valence-electron chi connectivity index (χ1n) is 7.22. The van der Waals surface area contributed by atoms with E-state index in [1.165, 1.54) is 19.1 Å². The Balaban J connectivity index is 1.85. The normalized spacial score (nSPS) is 24.6. The minimum Gasteiger partial charge on any atom is -0.488 e. The quantitative estimate of drug-likeness (QED) is 0.901. The van der Waals surface area contributed by atoms with Crippen LogP contribution in [-0.4, -0.2) is 33.9 Å². The molecule has 1 aliphatic carbocycles. The third-order valence-electron chi connectivity index (χ3n) is 4.16. The Hall–Kier alpha value is -1.07. The fourth-order valence-electron chi connectivity index (χ4n) is 2.96. The van der Waals surface area contributed by atoms with Gasteiger partial charge in [-0.05, 0) is 43.9 Å². The highest BCUT2D eigenvalue weighted by atomic mass is 32.2. The lowest BCUT2D eigenvalue weighted by molar-refractivity contribution is 0.117. The number of benzene rings is 1. The molecule has 0 amide bonds. The molecule has 3 rings (SSSR count). The second-order valence-electron chi connectivity index (χ2n) is 5.89. The van der Waals surface area contributed by atoms with E-state index in [2.05, 4.69) is 5.32 Å². The predicted molar refractivity (Wildman–Crippen MR) is 77.7 cm³/mol. The summed E-state index contributed by atoms with van der Waals surface area (Å²) in [5.41, 5.74) is 0. The zero-order chi connectivity index (χ0) is 14.2. The maximum Gasteiger partial charge on any atom is 0.179 e. The molecule has 2 fully saturated rings. The van der Waals surface area contributed by atoms with Gasteiger partial charge in [-0.25, -0.2) is 8.42 Å². The van der Waals surface area contributed by atoms with Crippen molar-refractivity contribution in [2.75, 3.05) is 19.3 Å². The number of hydrogen-bond donors (Lipinski definition) is 1. The molecule has 1 saturated carbocycles. The average molecular weight is 295 g/mol. The van der Waals surface area contributed by atoms with Gasteiger partial charge in [0.1, 0.15) is 16.7 Å². The standard InChI is InChI=1S/C15H21NO3S/c1-20(17,18)14-5-3-2-4-13(14)19-15(11-6-7-11)12-8-9-16-10-12/h2-5,11-12,15-16H,6-10H2,1H3/t12-,15-/m0/s1. The summed E-state index contributed by atoms with van der Waals surface area (Å²) in [6.07, 6.45) is 4.89. The molecule has 1 N–H and O–H groups in total. The molecule has 0 radical (unpaired) electrons. The molecule has 1 aliphatic heterocycles. The molecule has 110 valence electrons. The molecular formula is C15H21NO3S. The van der Waals surface area contributed by atoms with Crippen molar-refractivity contribution in [1.29, 1.82) is 0 Å². The van der Waals surface area contributed by atoms with Gasteiger partial charge in [0, 0.05) is 18.7 Å². The summed E-state index contributed by atoms with van der Waals surface area (Å²) in [5.74, 6) is 1.60. The monoisotopic (exact) mass is 295 g/mol. The Kier molecular flexibility index (Phi) is 3.73. The van der Waals surface area contributed by atoms with E-state index in [0.717, 1.165) is 19.5 Å². The van der Waals surface area contributed by atoms with E-state index in [1.807, 2.05) is 6.07 Å². The smallest absolute Gasteiger partial charge is 0.179 e. The van der Waals surface area contributed by atoms with Crippen molar-refractivity contribution >= 4 is 9.84 Å². The van der Waals surface area contributed by atoms with Crippen LogP contribution in [0.25, 0.3) is 0 Å². The van der Waals surface area contributed by atoms with E-state index in [9.17, 15) is 8.42 Å². The Morgan fingerprint density at radius 1 is 1.20 bits per heavy atom. The van der Waals surface area contributed by atoms with Crippen LogP contribution in [0.1, 0.15) is 19.3 Å². The largest absolute Gasteiger partial charge is 0.488 e. The highest BCUT2D eigenvalue weighted by Crippen LogP contribution is 2.40. The zero-order valence-electron chi connectivity index (χ0n) is 11.7. The van der Waals surface area contributed by atoms with Crippen molar-refractivity contribution in [3.05, 3.63) is 24.3 Å². The topological polar surface area (TPSA) is 55.4 Å². The summed E-state index contributed by atoms with van der Waals surface area (Å²) in [7, 11) is -3.25. The second kappa shape index (κ2) is 5.37. The molecule has 5 heteroatoms. The van der Waals surface area contributed by atoms with Crippen LogP contribution in [0.3, 0.4) is 0 Å². The van der Waals surface area contributed by atoms with Crippen molar-refractivity contribution < 1.29 is 13.2 Å². The summed E-state index contributed by atoms with van der Waals surface area (Å²) in [6.45, 7) is 2.01. The number of sulfone groups is 1. The predicted octanol–water partition coefficient (Wildman–Crippen LogP) is 1.86. The van der Waals surface area contributed by atoms with E-state index in [4.69, 9.17) is 4.74 Å². The maximum absolute atomic E-state index is 11.8. The molecule has 2 aliphatic rings. The number of ether oxygens (including phenoxy) is 1. The van der Waals surface area contributed by atoms with Crippen LogP contribution in [0.2, 0.25) is 0 Å². The summed E-state index contributed by atoms with van der Waals surface area (Å²) in [5, 5.41) is 3.37. The summed E-state index contributed by atoms with van der Waals surface area (Å²) >= 11 is 0. The third kappa shape index (κ3) is 2.99. The van der Waals surface area contributed by atoms with Crippen molar-refractivity contribution in [2.24, 2.45) is 11.8 Å². The first-order chi connectivity index (χ1) is 9.55. The molecular weight excluding hydrogens is 274 g/mol. The van der Waals surface area contributed by atoms with Crippen LogP contribution < -0.4 is 10.1 Å². The van der Waals surface area contributed by atoms with Crippen molar-refractivity contribution in [3.8, 4) is 5.75 Å². The molecule has 1 heterocycles. The van der Waals surface area contributed by atoms with E-state index >= 15 is 0 Å². The molecule has 0 aromatic heterocycles. The van der Waals surface area contributed by atoms with Gasteiger partial charge >= 0.3 is 0 Å². The van der Waals surface area contributed by atoms with E-state index in [-0.39, 0.29) is 6.10 Å². The van der Waals surface area contributed by atoms with Gasteiger partial charge < -0.3 is 10.1 Å². The van der Waals surface area contributed by atoms with Crippen LogP contribution in [0.4, 0.5) is 0 Å². The van der Waals surface area contributed by atoms with Gasteiger partial charge in [-0.15, -0.1) is 0 Å². The number of nitrogens with one attached hydrogen (secondary N) is 1. The third-order valence-corrected chi connectivity index (χ3v) is 5.30. The van der Waals surface area contributed by atoms with Crippen LogP contribution in [0.15, 0.2) is 29.2 Å². The van der Waals surface area contributed by atoms with Crippen LogP contribution in [0.5, 0.6) is 5.75 Å². The van der Waals surface area contributed by atoms with Gasteiger partial charge in [-0.2, -0.15) is 0 Å². The fraction of sp³-hybridized carbons (Fsp3) is 0.600. The van der Waals surface area contributed by atoms with E-state index in [1.54, 1.807) is 18.2 Å². The first kappa shape index (κ1) is 13.9. The second-order valence-corrected chi connectivity index (χ2v) is 7.88. The van der Waals surface area contributed by atoms with E-state index < -0.39 is 9.84 Å². The van der Waals surface area contributed by atoms with Crippen molar-refractivity contribution in [3.63, 3.8) is 0 Å². The Morgan fingerprint density at radius 3 is 2.55 bits per heavy atom. The molecule has 1 aromatic carbocycles. The lowest BCUT2D eigenvalue weighted by Crippen LogP contribution is -2.31. The maximum atomic E-state index is 11.8. The zero-order valence-corrected chi connectivity index (χ0v) is 12.5. The Bertz CT molecular complexity index is 575. The SMILES string of the molecule is CS(=O)(=O)c1ccccc1O[C@@H](C1CC1)[C@H]1CCNC1. The van der Waals surface area contributed by atoms with E-state index in [0.29, 0.717) is 22.5 Å². The number of hydrogen-bond acceptors (Lipinski definition) is 4. The molecule has 20 heavy (non-hydrogen) atoms. The number of para-hydroxylation sites is 1. The summed E-state index contributed by atoms with van der Waals surface area (Å²) in [4.78, 5) is 0.302. The number of rotatable bonds is 5. The highest BCUT2D eigenvalue weighted by molar-refractivity contribution is 7.90. The summed E-state index contributed by atoms with van der Waals surface area (Å²) in [6, 6.07) is 6.98. The highest BCUT2D eigenvalue weighted by Gasteiger charge is 2.39. The Labute approximate surface area is 120 Å². The first-order valence-corrected chi connectivity index (χ1v) is 9.11. The molecule has 0 unspecified atom stereocenters. The lowest BCUT2D eigenvalue weighted by atomic mass is 9.97. The van der Waals surface area contributed by atoms with Gasteiger partial charge in [0.25, 0.3) is 0 Å². The van der Waals surface area contributed by atoms with Crippen LogP contribution in [0, 0.1) is 11.8 Å². The lowest BCUT2D eigenvalue weighted by Gasteiger charge is -2.25. The Morgan fingerprint density at radius 2 is 1.95 bits per heavy atom. The minimum atomic E-state index is -3.25. The fourth-order valence-corrected chi connectivity index (χ4v) is 3.77. The average Bonchev–Trinajstić information content (AvgIpc) is 3.10. The molecule has 0 bridgehead atoms. The van der Waals surface area contributed by atoms with Crippen LogP contribution >= 0.6 is 0 Å². The molecule has 2 atom stereocenters. The van der Waals surface area contributed by atoms with Gasteiger partial charge in [-0.1, -0.05) is 12.1 Å². The minimum absolute atomic E-state index is 0.146. The van der Waals surface area contributed by atoms with Gasteiger partial charge in [0.05, 0.1) is 0 Å². The van der Waals surface area contributed by atoms with Crippen LogP contribution in [-0.2, 0) is 9.84 Å². The van der Waals surface area contributed by atoms with Gasteiger partial charge in [0.2, 0.25) is 0 Å². The molecule has 1 aromatic rings. The summed E-state index contributed by atoms with van der Waals surface area (Å²) < 4.78 is 29.9. The molecule has 4 nitrogen and oxygen atoms in total. The van der Waals surface area contributed by atoms with Gasteiger partial charge in [0.15, 0.2) is 9.84 Å².